The molecule has 0 aliphatic heterocycles. The summed E-state index contributed by atoms with van der Waals surface area (Å²) < 4.78 is 28.6. The molecular formula is C22H22N6O6S. The van der Waals surface area contributed by atoms with Gasteiger partial charge in [0, 0.05) is 5.56 Å². The number of thioether (sulfide) groups is 1. The maximum Gasteiger partial charge on any atom is 0.285 e. The first-order valence-electron chi connectivity index (χ1n) is 10.2. The highest BCUT2D eigenvalue weighted by atomic mass is 32.2. The van der Waals surface area contributed by atoms with E-state index in [1.165, 1.54) is 26.0 Å². The smallest absolute Gasteiger partial charge is 0.285 e. The van der Waals surface area contributed by atoms with E-state index in [0.717, 1.165) is 17.3 Å². The number of hydrogen-bond acceptors (Lipinski definition) is 12. The quantitative estimate of drug-likeness (QED) is 0.235. The summed E-state index contributed by atoms with van der Waals surface area (Å²) in [5.41, 5.74) is 2.18. The van der Waals surface area contributed by atoms with Crippen molar-refractivity contribution < 1.29 is 28.2 Å². The van der Waals surface area contributed by atoms with E-state index < -0.39 is 0 Å². The van der Waals surface area contributed by atoms with Gasteiger partial charge in [-0.15, -0.1) is 15.3 Å². The number of aromatic nitrogens is 6. The van der Waals surface area contributed by atoms with Crippen molar-refractivity contribution in [2.45, 2.75) is 12.1 Å². The van der Waals surface area contributed by atoms with Gasteiger partial charge in [0.1, 0.15) is 11.4 Å². The van der Waals surface area contributed by atoms with Gasteiger partial charge in [-0.2, -0.15) is 4.68 Å². The lowest BCUT2D eigenvalue weighted by molar-refractivity contribution is 0.0986. The lowest BCUT2D eigenvalue weighted by atomic mass is 10.2. The molecule has 0 aliphatic carbocycles. The minimum Gasteiger partial charge on any atom is -0.494 e. The fourth-order valence-electron chi connectivity index (χ4n) is 3.23. The van der Waals surface area contributed by atoms with Gasteiger partial charge in [0.2, 0.25) is 22.6 Å². The van der Waals surface area contributed by atoms with E-state index >= 15 is 0 Å². The average Bonchev–Trinajstić information content (AvgIpc) is 3.56. The SMILES string of the molecule is COc1ccc(C)cc1-n1nnnc1SCC(=O)c1nnc(-c2cc(OC)c(OC)c(OC)c2)o1. The standard InChI is InChI=1S/C22H22N6O6S/c1-12-6-7-16(30-2)14(8-12)28-22(25-26-27-28)35-11-15(29)21-24-23-20(34-21)13-9-17(31-3)19(33-5)18(10-13)32-4/h6-10H,11H2,1-5H3. The van der Waals surface area contributed by atoms with E-state index in [2.05, 4.69) is 25.7 Å². The fourth-order valence-corrected chi connectivity index (χ4v) is 3.97. The minimum absolute atomic E-state index is 0.0224. The Hall–Kier alpha value is -4.13. The van der Waals surface area contributed by atoms with Crippen molar-refractivity contribution in [3.63, 3.8) is 0 Å². The molecule has 4 rings (SSSR count). The van der Waals surface area contributed by atoms with Crippen molar-refractivity contribution in [1.82, 2.24) is 30.4 Å². The van der Waals surface area contributed by atoms with Crippen LogP contribution in [-0.2, 0) is 0 Å². The van der Waals surface area contributed by atoms with Gasteiger partial charge < -0.3 is 23.4 Å². The van der Waals surface area contributed by atoms with E-state index in [4.69, 9.17) is 23.4 Å². The maximum atomic E-state index is 12.8. The van der Waals surface area contributed by atoms with Crippen LogP contribution in [0.25, 0.3) is 17.1 Å². The van der Waals surface area contributed by atoms with Crippen LogP contribution in [0.5, 0.6) is 23.0 Å². The normalized spacial score (nSPS) is 10.8. The molecule has 13 heteroatoms. The number of tetrazole rings is 1. The van der Waals surface area contributed by atoms with E-state index in [1.54, 1.807) is 19.2 Å². The van der Waals surface area contributed by atoms with Gasteiger partial charge in [-0.25, -0.2) is 0 Å². The lowest BCUT2D eigenvalue weighted by Gasteiger charge is -2.12. The zero-order valence-corrected chi connectivity index (χ0v) is 20.5. The first-order valence-corrected chi connectivity index (χ1v) is 11.2. The summed E-state index contributed by atoms with van der Waals surface area (Å²) >= 11 is 1.14. The van der Waals surface area contributed by atoms with E-state index in [1.807, 2.05) is 25.1 Å². The molecule has 2 heterocycles. The van der Waals surface area contributed by atoms with Crippen LogP contribution in [0.4, 0.5) is 0 Å². The first kappa shape index (κ1) is 24.0. The molecule has 0 atom stereocenters. The van der Waals surface area contributed by atoms with E-state index in [-0.39, 0.29) is 23.3 Å². The Morgan fingerprint density at radius 3 is 2.31 bits per heavy atom. The summed E-state index contributed by atoms with van der Waals surface area (Å²) in [5, 5.41) is 20.1. The molecule has 4 aromatic rings. The maximum absolute atomic E-state index is 12.8. The number of ether oxygens (including phenoxy) is 4. The highest BCUT2D eigenvalue weighted by Gasteiger charge is 2.22. The molecule has 0 N–H and O–H groups in total. The molecular weight excluding hydrogens is 476 g/mol. The van der Waals surface area contributed by atoms with Crippen molar-refractivity contribution >= 4 is 17.5 Å². The van der Waals surface area contributed by atoms with Gasteiger partial charge in [-0.3, -0.25) is 4.79 Å². The predicted octanol–water partition coefficient (Wildman–Crippen LogP) is 3.03. The third-order valence-electron chi connectivity index (χ3n) is 4.91. The largest absolute Gasteiger partial charge is 0.494 e. The van der Waals surface area contributed by atoms with Gasteiger partial charge in [-0.05, 0) is 47.2 Å². The first-order chi connectivity index (χ1) is 17.0. The second kappa shape index (κ2) is 10.4. The molecule has 12 nitrogen and oxygen atoms in total. The number of carbonyl (C=O) groups is 1. The van der Waals surface area contributed by atoms with Gasteiger partial charge >= 0.3 is 0 Å². The third kappa shape index (κ3) is 4.89. The Morgan fingerprint density at radius 1 is 0.943 bits per heavy atom. The van der Waals surface area contributed by atoms with Crippen LogP contribution in [0.15, 0.2) is 39.9 Å². The summed E-state index contributed by atoms with van der Waals surface area (Å²) in [7, 11) is 6.07. The number of rotatable bonds is 10. The number of aryl methyl sites for hydroxylation is 1. The van der Waals surface area contributed by atoms with Gasteiger partial charge in [-0.1, -0.05) is 17.8 Å². The van der Waals surface area contributed by atoms with Gasteiger partial charge in [0.15, 0.2) is 11.5 Å². The van der Waals surface area contributed by atoms with Gasteiger partial charge in [0.25, 0.3) is 5.89 Å². The summed E-state index contributed by atoms with van der Waals surface area (Å²) in [4.78, 5) is 12.8. The molecule has 0 aliphatic rings. The van der Waals surface area contributed by atoms with Crippen LogP contribution < -0.4 is 18.9 Å². The molecule has 2 aromatic carbocycles. The molecule has 0 saturated heterocycles. The molecule has 182 valence electrons. The van der Waals surface area contributed by atoms with Crippen molar-refractivity contribution in [3.8, 4) is 40.1 Å². The number of carbonyl (C=O) groups excluding carboxylic acids is 1. The number of benzene rings is 2. The molecule has 0 saturated carbocycles. The Bertz CT molecular complexity index is 1330. The van der Waals surface area contributed by atoms with Crippen molar-refractivity contribution in [2.24, 2.45) is 0 Å². The number of Topliss-reactive ketones (excluding diaryl/α,β-unsaturated/α-hetero) is 1. The molecule has 0 amide bonds. The predicted molar refractivity (Wildman–Crippen MR) is 125 cm³/mol. The van der Waals surface area contributed by atoms with Crippen LogP contribution in [0.2, 0.25) is 0 Å². The van der Waals surface area contributed by atoms with Crippen molar-refractivity contribution in [1.29, 1.82) is 0 Å². The zero-order valence-electron chi connectivity index (χ0n) is 19.6. The summed E-state index contributed by atoms with van der Waals surface area (Å²) in [6, 6.07) is 8.95. The highest BCUT2D eigenvalue weighted by Crippen LogP contribution is 2.41. The van der Waals surface area contributed by atoms with E-state index in [9.17, 15) is 4.79 Å². The summed E-state index contributed by atoms with van der Waals surface area (Å²) in [6.45, 7) is 1.95. The Labute approximate surface area is 204 Å². The second-order valence-corrected chi connectivity index (χ2v) is 8.03. The van der Waals surface area contributed by atoms with Crippen LogP contribution in [-0.4, -0.2) is 70.4 Å². The second-order valence-electron chi connectivity index (χ2n) is 7.09. The summed E-state index contributed by atoms with van der Waals surface area (Å²) in [5.74, 6) is 1.44. The van der Waals surface area contributed by atoms with E-state index in [0.29, 0.717) is 39.4 Å². The molecule has 0 fully saturated rings. The zero-order chi connectivity index (χ0) is 24.9. The monoisotopic (exact) mass is 498 g/mol. The van der Waals surface area contributed by atoms with Crippen LogP contribution in [0, 0.1) is 6.92 Å². The third-order valence-corrected chi connectivity index (χ3v) is 5.83. The molecule has 35 heavy (non-hydrogen) atoms. The number of hydrogen-bond donors (Lipinski definition) is 0. The molecule has 0 spiro atoms. The van der Waals surface area contributed by atoms with Crippen LogP contribution >= 0.6 is 11.8 Å². The lowest BCUT2D eigenvalue weighted by Crippen LogP contribution is -2.06. The molecule has 0 radical (unpaired) electrons. The van der Waals surface area contributed by atoms with Crippen LogP contribution in [0.3, 0.4) is 0 Å². The van der Waals surface area contributed by atoms with Crippen LogP contribution in [0.1, 0.15) is 16.2 Å². The number of nitrogens with zero attached hydrogens (tertiary/aromatic N) is 6. The highest BCUT2D eigenvalue weighted by molar-refractivity contribution is 7.99. The van der Waals surface area contributed by atoms with Crippen molar-refractivity contribution in [3.05, 3.63) is 41.8 Å². The number of ketones is 1. The Kier molecular flexibility index (Phi) is 7.15. The Morgan fingerprint density at radius 2 is 1.66 bits per heavy atom. The molecule has 0 unspecified atom stereocenters. The van der Waals surface area contributed by atoms with Gasteiger partial charge in [0.05, 0.1) is 34.2 Å². The fraction of sp³-hybridized carbons (Fsp3) is 0.273. The van der Waals surface area contributed by atoms with Crippen molar-refractivity contribution in [2.75, 3.05) is 34.2 Å². The molecule has 2 aromatic heterocycles. The molecule has 0 bridgehead atoms. The Balaban J connectivity index is 1.52. The topological polar surface area (TPSA) is 137 Å². The summed E-state index contributed by atoms with van der Waals surface area (Å²) in [6.07, 6.45) is 0. The number of methoxy groups -OCH3 is 4. The average molecular weight is 499 g/mol. The minimum atomic E-state index is -0.382.